The Morgan fingerprint density at radius 3 is 1.45 bits per heavy atom. The quantitative estimate of drug-likeness (QED) is 0.154. The monoisotopic (exact) mass is 654 g/mol. The summed E-state index contributed by atoms with van der Waals surface area (Å²) >= 11 is 7.39. The Morgan fingerprint density at radius 2 is 1.00 bits per heavy atom. The number of hydrogen-bond acceptors (Lipinski definition) is 4. The number of rotatable bonds is 2. The zero-order valence-corrected chi connectivity index (χ0v) is 24.5. The molecule has 6 nitrogen and oxygen atoms in total. The Morgan fingerprint density at radius 1 is 0.550 bits per heavy atom. The minimum absolute atomic E-state index is 0.207. The van der Waals surface area contributed by atoms with Crippen molar-refractivity contribution >= 4 is 53.9 Å². The molecular formula is C32H24Br2N4O2. The van der Waals surface area contributed by atoms with Crippen LogP contribution in [0.5, 0.6) is 11.5 Å². The summed E-state index contributed by atoms with van der Waals surface area (Å²) in [6.45, 7) is 0. The predicted octanol–water partition coefficient (Wildman–Crippen LogP) is 8.16. The molecule has 40 heavy (non-hydrogen) atoms. The second-order valence-corrected chi connectivity index (χ2v) is 11.8. The lowest BCUT2D eigenvalue weighted by Gasteiger charge is -2.08. The van der Waals surface area contributed by atoms with Crippen molar-refractivity contribution in [2.45, 2.75) is 25.7 Å². The van der Waals surface area contributed by atoms with Gasteiger partial charge in [0.25, 0.3) is 0 Å². The van der Waals surface area contributed by atoms with E-state index in [-0.39, 0.29) is 11.5 Å². The summed E-state index contributed by atoms with van der Waals surface area (Å²) in [5.74, 6) is 0.413. The van der Waals surface area contributed by atoms with Gasteiger partial charge in [0.2, 0.25) is 0 Å². The van der Waals surface area contributed by atoms with E-state index in [1.54, 1.807) is 24.3 Å². The number of H-pyrrole nitrogens is 2. The molecule has 4 N–H and O–H groups in total. The first kappa shape index (κ1) is 25.1. The fourth-order valence-corrected chi connectivity index (χ4v) is 6.49. The second-order valence-electron chi connectivity index (χ2n) is 10.1. The molecule has 2 aromatic carbocycles. The molecule has 198 valence electrons. The molecule has 0 unspecified atom stereocenters. The van der Waals surface area contributed by atoms with Crippen molar-refractivity contribution in [1.82, 2.24) is 19.9 Å². The lowest BCUT2D eigenvalue weighted by Crippen LogP contribution is -1.89. The van der Waals surface area contributed by atoms with E-state index < -0.39 is 0 Å². The number of aromatic amines is 2. The molecule has 0 aliphatic carbocycles. The average Bonchev–Trinajstić information content (AvgIpc) is 3.74. The number of hydrogen-bond donors (Lipinski definition) is 4. The van der Waals surface area contributed by atoms with Gasteiger partial charge < -0.3 is 20.2 Å². The number of aromatic hydroxyl groups is 2. The van der Waals surface area contributed by atoms with E-state index in [9.17, 15) is 10.2 Å². The largest absolute Gasteiger partial charge is 0.508 e. The van der Waals surface area contributed by atoms with Gasteiger partial charge in [-0.2, -0.15) is 0 Å². The van der Waals surface area contributed by atoms with Crippen molar-refractivity contribution in [2.24, 2.45) is 0 Å². The molecule has 0 radical (unpaired) electrons. The lowest BCUT2D eigenvalue weighted by atomic mass is 10.0. The minimum atomic E-state index is 0.207. The predicted molar refractivity (Wildman–Crippen MR) is 165 cm³/mol. The molecule has 2 aliphatic rings. The standard InChI is InChI=1S/C32H24Br2N4O2/c33-25-7-5-21(39)15-23(25)31-27-9-1-17(35-27)13-18-2-10-29(36-18)32(24-16-22(40)6-8-26(24)34)30-12-4-20(38-30)14-19-3-11-28(31)37-19/h1,4-9,12-16,35,38-40H,2-3,10-11H2. The number of halogens is 2. The summed E-state index contributed by atoms with van der Waals surface area (Å²) in [5.41, 5.74) is 11.4. The summed E-state index contributed by atoms with van der Waals surface area (Å²) in [7, 11) is 0. The highest BCUT2D eigenvalue weighted by Crippen LogP contribution is 2.38. The van der Waals surface area contributed by atoms with Gasteiger partial charge in [-0.3, -0.25) is 9.97 Å². The third-order valence-corrected chi connectivity index (χ3v) is 8.79. The molecule has 5 heterocycles. The van der Waals surface area contributed by atoms with Crippen LogP contribution in [0.4, 0.5) is 0 Å². The molecule has 0 amide bonds. The minimum Gasteiger partial charge on any atom is -0.508 e. The number of fused-ring (bicyclic) bond motifs is 8. The van der Waals surface area contributed by atoms with E-state index in [1.807, 2.05) is 12.1 Å². The van der Waals surface area contributed by atoms with Crippen molar-refractivity contribution in [3.05, 3.63) is 105 Å². The molecule has 5 aromatic rings. The normalized spacial score (nSPS) is 13.1. The summed E-state index contributed by atoms with van der Waals surface area (Å²) in [6, 6.07) is 23.1. The molecule has 0 atom stereocenters. The third-order valence-electron chi connectivity index (χ3n) is 7.41. The van der Waals surface area contributed by atoms with Crippen LogP contribution in [-0.4, -0.2) is 30.1 Å². The van der Waals surface area contributed by atoms with Gasteiger partial charge in [0.05, 0.1) is 11.4 Å². The van der Waals surface area contributed by atoms with Crippen molar-refractivity contribution < 1.29 is 10.2 Å². The van der Waals surface area contributed by atoms with E-state index in [4.69, 9.17) is 9.97 Å². The SMILES string of the molecule is Oc1ccc(Br)c(-c2c3nc(cc4ccc([nH]4)c(-c4cc(O)ccc4Br)c4nc(cc5ccc2[nH]5)CC4)CC3)c1. The van der Waals surface area contributed by atoms with Crippen LogP contribution in [-0.2, 0) is 25.7 Å². The van der Waals surface area contributed by atoms with Crippen LogP contribution in [0.3, 0.4) is 0 Å². The molecule has 3 aromatic heterocycles. The second kappa shape index (κ2) is 9.94. The van der Waals surface area contributed by atoms with E-state index in [0.29, 0.717) is 0 Å². The van der Waals surface area contributed by atoms with E-state index in [1.165, 1.54) is 0 Å². The molecule has 0 fully saturated rings. The molecular weight excluding hydrogens is 632 g/mol. The molecule has 8 bridgehead atoms. The maximum atomic E-state index is 10.3. The van der Waals surface area contributed by atoms with Crippen LogP contribution in [0.25, 0.3) is 44.3 Å². The van der Waals surface area contributed by atoms with E-state index in [0.717, 1.165) is 102 Å². The van der Waals surface area contributed by atoms with Gasteiger partial charge in [-0.25, -0.2) is 0 Å². The highest BCUT2D eigenvalue weighted by atomic mass is 79.9. The highest BCUT2D eigenvalue weighted by molar-refractivity contribution is 9.11. The van der Waals surface area contributed by atoms with Gasteiger partial charge in [-0.1, -0.05) is 31.9 Å². The van der Waals surface area contributed by atoms with Crippen molar-refractivity contribution in [3.8, 4) is 33.8 Å². The van der Waals surface area contributed by atoms with Gasteiger partial charge in [0.15, 0.2) is 0 Å². The van der Waals surface area contributed by atoms with Crippen LogP contribution in [0.1, 0.15) is 22.8 Å². The van der Waals surface area contributed by atoms with Gasteiger partial charge in [0, 0.05) is 64.7 Å². The fourth-order valence-electron chi connectivity index (χ4n) is 5.60. The first-order valence-corrected chi connectivity index (χ1v) is 14.7. The fraction of sp³-hybridized carbons (Fsp3) is 0.125. The maximum Gasteiger partial charge on any atom is 0.116 e. The number of nitrogens with zero attached hydrogens (tertiary/aromatic N) is 2. The number of nitrogens with one attached hydrogen (secondary N) is 2. The number of benzene rings is 2. The summed E-state index contributed by atoms with van der Waals surface area (Å²) in [5, 5.41) is 20.6. The average molecular weight is 656 g/mol. The molecule has 0 spiro atoms. The topological polar surface area (TPSA) is 97.8 Å². The van der Waals surface area contributed by atoms with Crippen molar-refractivity contribution in [3.63, 3.8) is 0 Å². The van der Waals surface area contributed by atoms with Crippen LogP contribution in [0.15, 0.2) is 81.7 Å². The van der Waals surface area contributed by atoms with Gasteiger partial charge in [-0.15, -0.1) is 0 Å². The molecule has 0 saturated carbocycles. The van der Waals surface area contributed by atoms with E-state index in [2.05, 4.69) is 78.2 Å². The number of phenolic OH excluding ortho intramolecular Hbond substituents is 2. The van der Waals surface area contributed by atoms with Crippen molar-refractivity contribution in [1.29, 1.82) is 0 Å². The Kier molecular flexibility index (Phi) is 6.24. The maximum absolute atomic E-state index is 10.3. The summed E-state index contributed by atoms with van der Waals surface area (Å²) in [4.78, 5) is 17.3. The third kappa shape index (κ3) is 4.61. The first-order valence-electron chi connectivity index (χ1n) is 13.1. The number of aromatic nitrogens is 4. The summed E-state index contributed by atoms with van der Waals surface area (Å²) in [6.07, 6.45) is 3.19. The summed E-state index contributed by atoms with van der Waals surface area (Å²) < 4.78 is 1.79. The first-order chi connectivity index (χ1) is 19.4. The Bertz CT molecular complexity index is 1830. The molecule has 0 saturated heterocycles. The molecule has 8 heteroatoms. The molecule has 2 aliphatic heterocycles. The van der Waals surface area contributed by atoms with Gasteiger partial charge in [-0.05, 0) is 98.5 Å². The van der Waals surface area contributed by atoms with Gasteiger partial charge in [0.1, 0.15) is 11.5 Å². The highest BCUT2D eigenvalue weighted by Gasteiger charge is 2.19. The lowest BCUT2D eigenvalue weighted by molar-refractivity contribution is 0.475. The number of aryl methyl sites for hydroxylation is 4. The van der Waals surface area contributed by atoms with Crippen LogP contribution in [0.2, 0.25) is 0 Å². The van der Waals surface area contributed by atoms with E-state index >= 15 is 0 Å². The Hall–Kier alpha value is -3.88. The van der Waals surface area contributed by atoms with Crippen LogP contribution < -0.4 is 0 Å². The zero-order valence-electron chi connectivity index (χ0n) is 21.3. The molecule has 7 rings (SSSR count). The van der Waals surface area contributed by atoms with Gasteiger partial charge >= 0.3 is 0 Å². The Labute approximate surface area is 247 Å². The zero-order chi connectivity index (χ0) is 27.4. The number of phenols is 2. The van der Waals surface area contributed by atoms with Crippen LogP contribution in [0, 0.1) is 0 Å². The smallest absolute Gasteiger partial charge is 0.116 e. The van der Waals surface area contributed by atoms with Crippen molar-refractivity contribution in [2.75, 3.05) is 0 Å². The van der Waals surface area contributed by atoms with Crippen LogP contribution >= 0.6 is 31.9 Å². The Balaban J connectivity index is 1.57.